The van der Waals surface area contributed by atoms with Crippen molar-refractivity contribution in [2.45, 2.75) is 76.8 Å². The van der Waals surface area contributed by atoms with Crippen LogP contribution in [0.25, 0.3) is 11.1 Å². The molecule has 1 unspecified atom stereocenters. The molecule has 4 aromatic rings. The molecule has 15 heteroatoms. The van der Waals surface area contributed by atoms with Crippen LogP contribution in [-0.4, -0.2) is 103 Å². The van der Waals surface area contributed by atoms with Crippen molar-refractivity contribution >= 4 is 23.2 Å². The third-order valence-electron chi connectivity index (χ3n) is 8.79. The van der Waals surface area contributed by atoms with Gasteiger partial charge < -0.3 is 24.3 Å². The number of tetrazole rings is 1. The van der Waals surface area contributed by atoms with E-state index in [-0.39, 0.29) is 12.2 Å². The van der Waals surface area contributed by atoms with Gasteiger partial charge in [0.1, 0.15) is 23.9 Å². The fraction of sp³-hybridized carbons (Fsp3) is 0.562. The molecule has 47 heavy (non-hydrogen) atoms. The first-order valence-corrected chi connectivity index (χ1v) is 16.7. The van der Waals surface area contributed by atoms with Gasteiger partial charge in [0.05, 0.1) is 49.7 Å². The maximum Gasteiger partial charge on any atom is 0.256 e. The average Bonchev–Trinajstić information content (AvgIpc) is 3.76. The van der Waals surface area contributed by atoms with Crippen molar-refractivity contribution in [3.63, 3.8) is 0 Å². The summed E-state index contributed by atoms with van der Waals surface area (Å²) in [7, 11) is 1.71. The molecule has 0 bridgehead atoms. The highest BCUT2D eigenvalue weighted by Crippen LogP contribution is 2.35. The lowest BCUT2D eigenvalue weighted by Crippen LogP contribution is -2.45. The molecular weight excluding hydrogens is 624 g/mol. The van der Waals surface area contributed by atoms with Crippen molar-refractivity contribution in [2.24, 2.45) is 0 Å². The van der Waals surface area contributed by atoms with Gasteiger partial charge in [-0.1, -0.05) is 17.7 Å². The molecule has 2 atom stereocenters. The zero-order valence-electron chi connectivity index (χ0n) is 27.2. The van der Waals surface area contributed by atoms with E-state index in [0.717, 1.165) is 75.2 Å². The van der Waals surface area contributed by atoms with E-state index in [0.29, 0.717) is 47.8 Å². The summed E-state index contributed by atoms with van der Waals surface area (Å²) >= 11 is 6.46. The molecule has 1 aliphatic heterocycles. The molecular formula is C32H43ClN10O4. The minimum atomic E-state index is -0.205. The first-order chi connectivity index (χ1) is 22.9. The topological polar surface area (TPSA) is 139 Å². The van der Waals surface area contributed by atoms with Crippen LogP contribution in [0.4, 0.5) is 11.6 Å². The monoisotopic (exact) mass is 666 g/mol. The SMILES string of the molecule is COC(C)CCOc1nn(C2CCC(N3CCOCC3)CC2)cc1Nc1ncc(-c2ccc(Cl)c(O[C@@H](C)Cn3cnnn3)c2)cn1. The maximum absolute atomic E-state index is 6.46. The molecule has 1 saturated heterocycles. The molecule has 1 saturated carbocycles. The highest BCUT2D eigenvalue weighted by atomic mass is 35.5. The lowest BCUT2D eigenvalue weighted by Gasteiger charge is -2.38. The molecule has 0 radical (unpaired) electrons. The Kier molecular flexibility index (Phi) is 11.1. The summed E-state index contributed by atoms with van der Waals surface area (Å²) in [5.74, 6) is 1.54. The third kappa shape index (κ3) is 8.74. The van der Waals surface area contributed by atoms with Gasteiger partial charge in [0.15, 0.2) is 0 Å². The van der Waals surface area contributed by atoms with Crippen LogP contribution in [0.15, 0.2) is 43.1 Å². The first kappa shape index (κ1) is 33.1. The van der Waals surface area contributed by atoms with Gasteiger partial charge in [-0.15, -0.1) is 10.2 Å². The maximum atomic E-state index is 6.46. The van der Waals surface area contributed by atoms with Gasteiger partial charge in [-0.3, -0.25) is 9.58 Å². The van der Waals surface area contributed by atoms with Crippen molar-refractivity contribution in [3.05, 3.63) is 48.1 Å². The van der Waals surface area contributed by atoms with E-state index >= 15 is 0 Å². The summed E-state index contributed by atoms with van der Waals surface area (Å²) < 4.78 is 26.9. The number of nitrogens with one attached hydrogen (secondary N) is 1. The Morgan fingerprint density at radius 3 is 2.51 bits per heavy atom. The highest BCUT2D eigenvalue weighted by molar-refractivity contribution is 6.32. The molecule has 0 spiro atoms. The minimum Gasteiger partial charge on any atom is -0.487 e. The predicted octanol–water partition coefficient (Wildman–Crippen LogP) is 4.81. The highest BCUT2D eigenvalue weighted by Gasteiger charge is 2.29. The van der Waals surface area contributed by atoms with E-state index < -0.39 is 0 Å². The Bertz CT molecular complexity index is 1540. The second-order valence-corrected chi connectivity index (χ2v) is 12.6. The number of morpholine rings is 1. The first-order valence-electron chi connectivity index (χ1n) is 16.3. The van der Waals surface area contributed by atoms with E-state index in [1.54, 1.807) is 36.6 Å². The van der Waals surface area contributed by atoms with Crippen molar-refractivity contribution in [2.75, 3.05) is 45.3 Å². The molecule has 6 rings (SSSR count). The van der Waals surface area contributed by atoms with Gasteiger partial charge in [-0.05, 0) is 67.7 Å². The van der Waals surface area contributed by atoms with Crippen LogP contribution in [0.2, 0.25) is 5.02 Å². The molecule has 1 N–H and O–H groups in total. The van der Waals surface area contributed by atoms with Crippen molar-refractivity contribution in [1.82, 2.24) is 44.9 Å². The molecule has 0 amide bonds. The standard InChI is InChI=1S/C32H43ClN10O4/c1-22(44-3)10-13-46-31-29(20-43(38-31)27-7-5-26(6-8-27)41-11-14-45-15-12-41)37-32-34-17-25(18-35-32)24-4-9-28(33)30(16-24)47-23(2)19-42-21-36-39-40-42/h4,9,16-18,20-23,26-27H,5-8,10-15,19H2,1-3H3,(H,34,35,37)/t22?,23-,26?,27?/m0/s1. The minimum absolute atomic E-state index is 0.0906. The van der Waals surface area contributed by atoms with Gasteiger partial charge in [-0.2, -0.15) is 0 Å². The van der Waals surface area contributed by atoms with Crippen LogP contribution in [0.1, 0.15) is 52.0 Å². The number of methoxy groups -OCH3 is 1. The predicted molar refractivity (Wildman–Crippen MR) is 176 cm³/mol. The average molecular weight is 667 g/mol. The number of hydrogen-bond acceptors (Lipinski definition) is 12. The van der Waals surface area contributed by atoms with Crippen LogP contribution < -0.4 is 14.8 Å². The number of ether oxygens (including phenoxy) is 4. The molecule has 1 aliphatic carbocycles. The molecule has 252 valence electrons. The van der Waals surface area contributed by atoms with Gasteiger partial charge in [-0.25, -0.2) is 14.6 Å². The zero-order valence-corrected chi connectivity index (χ0v) is 27.9. The number of rotatable bonds is 14. The lowest BCUT2D eigenvalue weighted by atomic mass is 9.90. The Labute approximate surface area is 279 Å². The quantitative estimate of drug-likeness (QED) is 0.198. The molecule has 4 heterocycles. The summed E-state index contributed by atoms with van der Waals surface area (Å²) in [6.45, 7) is 8.64. The summed E-state index contributed by atoms with van der Waals surface area (Å²) in [5.41, 5.74) is 2.43. The Morgan fingerprint density at radius 2 is 1.79 bits per heavy atom. The molecule has 2 aliphatic rings. The Hall–Kier alpha value is -3.85. The van der Waals surface area contributed by atoms with E-state index in [1.165, 1.54) is 0 Å². The van der Waals surface area contributed by atoms with E-state index in [9.17, 15) is 0 Å². The zero-order chi connectivity index (χ0) is 32.6. The number of aromatic nitrogens is 8. The molecule has 14 nitrogen and oxygen atoms in total. The largest absolute Gasteiger partial charge is 0.487 e. The third-order valence-corrected chi connectivity index (χ3v) is 9.10. The normalized spacial score (nSPS) is 20.1. The number of nitrogens with zero attached hydrogens (tertiary/aromatic N) is 9. The molecule has 3 aromatic heterocycles. The fourth-order valence-electron chi connectivity index (χ4n) is 6.04. The summed E-state index contributed by atoms with van der Waals surface area (Å²) in [4.78, 5) is 11.8. The summed E-state index contributed by atoms with van der Waals surface area (Å²) in [6.07, 6.45) is 12.2. The van der Waals surface area contributed by atoms with Crippen LogP contribution in [0.3, 0.4) is 0 Å². The van der Waals surface area contributed by atoms with Crippen molar-refractivity contribution in [3.8, 4) is 22.8 Å². The van der Waals surface area contributed by atoms with Gasteiger partial charge >= 0.3 is 0 Å². The van der Waals surface area contributed by atoms with E-state index in [2.05, 4.69) is 40.4 Å². The van der Waals surface area contributed by atoms with Crippen LogP contribution in [0.5, 0.6) is 11.6 Å². The van der Waals surface area contributed by atoms with Crippen LogP contribution in [0, 0.1) is 0 Å². The lowest BCUT2D eigenvalue weighted by molar-refractivity contribution is 0.00502. The Balaban J connectivity index is 1.12. The second-order valence-electron chi connectivity index (χ2n) is 12.1. The van der Waals surface area contributed by atoms with Crippen LogP contribution in [-0.2, 0) is 16.0 Å². The fourth-order valence-corrected chi connectivity index (χ4v) is 6.20. The van der Waals surface area contributed by atoms with Crippen molar-refractivity contribution in [1.29, 1.82) is 0 Å². The van der Waals surface area contributed by atoms with Crippen molar-refractivity contribution < 1.29 is 18.9 Å². The number of anilines is 2. The summed E-state index contributed by atoms with van der Waals surface area (Å²) in [5, 5.41) is 20.0. The van der Waals surface area contributed by atoms with E-state index in [4.69, 9.17) is 35.6 Å². The number of halogens is 1. The number of hydrogen-bond donors (Lipinski definition) is 1. The molecule has 2 fully saturated rings. The van der Waals surface area contributed by atoms with Gasteiger partial charge in [0, 0.05) is 50.6 Å². The van der Waals surface area contributed by atoms with Crippen LogP contribution >= 0.6 is 11.6 Å². The number of benzene rings is 1. The summed E-state index contributed by atoms with van der Waals surface area (Å²) in [6, 6.07) is 6.53. The second kappa shape index (κ2) is 15.8. The van der Waals surface area contributed by atoms with Gasteiger partial charge in [0.2, 0.25) is 5.95 Å². The van der Waals surface area contributed by atoms with Gasteiger partial charge in [0.25, 0.3) is 5.88 Å². The molecule has 1 aromatic carbocycles. The van der Waals surface area contributed by atoms with E-state index in [1.807, 2.05) is 32.2 Å². The Morgan fingerprint density at radius 1 is 1.02 bits per heavy atom. The smallest absolute Gasteiger partial charge is 0.256 e.